The molecule has 0 unspecified atom stereocenters. The third-order valence-electron chi connectivity index (χ3n) is 11.6. The Morgan fingerprint density at radius 1 is 0.929 bits per heavy atom. The number of carbonyl (C=O) groups excluding carboxylic acids is 1. The van der Waals surface area contributed by atoms with E-state index < -0.39 is 27.2 Å². The fourth-order valence-electron chi connectivity index (χ4n) is 9.24. The lowest BCUT2D eigenvalue weighted by Crippen LogP contribution is -2.46. The monoisotopic (exact) mass is 578 g/mol. The summed E-state index contributed by atoms with van der Waals surface area (Å²) in [6.07, 6.45) is 15.6. The van der Waals surface area contributed by atoms with Gasteiger partial charge in [-0.15, -0.1) is 0 Å². The molecular weight excluding hydrogens is 532 g/mol. The second kappa shape index (κ2) is 11.6. The minimum atomic E-state index is -0.754. The van der Waals surface area contributed by atoms with Gasteiger partial charge in [-0.2, -0.15) is 0 Å². The molecule has 1 aromatic carbocycles. The van der Waals surface area contributed by atoms with Gasteiger partial charge in [-0.1, -0.05) is 77.2 Å². The number of nitrogens with zero attached hydrogens (tertiary/aromatic N) is 2. The van der Waals surface area contributed by atoms with Crippen LogP contribution in [-0.4, -0.2) is 21.9 Å². The molecule has 3 fully saturated rings. The minimum Gasteiger partial charge on any atom is -0.458 e. The molecule has 4 aliphatic rings. The summed E-state index contributed by atoms with van der Waals surface area (Å²) in [7, 11) is 0. The smallest absolute Gasteiger partial charge is 0.338 e. The summed E-state index contributed by atoms with van der Waals surface area (Å²) in [5.74, 6) is 2.73. The Hall–Kier alpha value is -3.03. The maximum absolute atomic E-state index is 13.0. The number of carbonyl (C=O) groups is 1. The lowest BCUT2D eigenvalue weighted by Gasteiger charge is -2.55. The lowest BCUT2D eigenvalue weighted by atomic mass is 9.50. The average Bonchev–Trinajstić information content (AvgIpc) is 3.30. The summed E-state index contributed by atoms with van der Waals surface area (Å²) in [6.45, 7) is 12.1. The van der Waals surface area contributed by atoms with Crippen LogP contribution in [0, 0.1) is 60.6 Å². The van der Waals surface area contributed by atoms with Crippen molar-refractivity contribution in [3.8, 4) is 0 Å². The molecular formula is C34H46N2O6. The predicted octanol–water partition coefficient (Wildman–Crippen LogP) is 8.99. The van der Waals surface area contributed by atoms with Gasteiger partial charge in [0.05, 0.1) is 21.5 Å². The number of rotatable bonds is 9. The number of esters is 1. The van der Waals surface area contributed by atoms with Gasteiger partial charge in [0.25, 0.3) is 11.4 Å². The van der Waals surface area contributed by atoms with E-state index in [4.69, 9.17) is 4.74 Å². The molecule has 8 nitrogen and oxygen atoms in total. The van der Waals surface area contributed by atoms with E-state index in [1.807, 2.05) is 0 Å². The van der Waals surface area contributed by atoms with Crippen molar-refractivity contribution in [1.82, 2.24) is 0 Å². The Bertz CT molecular complexity index is 1280. The maximum Gasteiger partial charge on any atom is 0.338 e. The third kappa shape index (κ3) is 5.53. The highest BCUT2D eigenvalue weighted by molar-refractivity contribution is 5.91. The highest BCUT2D eigenvalue weighted by Crippen LogP contribution is 2.66. The minimum absolute atomic E-state index is 0.0413. The summed E-state index contributed by atoms with van der Waals surface area (Å²) in [5.41, 5.74) is 2.21. The van der Waals surface area contributed by atoms with Gasteiger partial charge in [0.15, 0.2) is 0 Å². The molecule has 0 amide bonds. The number of benzene rings is 1. The van der Waals surface area contributed by atoms with Gasteiger partial charge in [-0.05, 0) is 78.9 Å². The molecule has 0 saturated heterocycles. The van der Waals surface area contributed by atoms with Crippen molar-refractivity contribution in [2.24, 2.45) is 40.4 Å². The average molecular weight is 579 g/mol. The predicted molar refractivity (Wildman–Crippen MR) is 162 cm³/mol. The lowest BCUT2D eigenvalue weighted by molar-refractivity contribution is -0.394. The number of allylic oxidation sites excluding steroid dienone is 3. The molecule has 0 bridgehead atoms. The molecule has 8 heteroatoms. The van der Waals surface area contributed by atoms with Gasteiger partial charge >= 0.3 is 5.97 Å². The standard InChI is InChI=1S/C34H46N2O6/c1-21(2)7-6-8-22(3)29-11-12-30-28-10-9-24-19-27(13-15-33(24,4)31(28)14-16-34(29,30)5)42-32(37)23-17-25(35(38)39)20-26(18-23)36(40)41/h9-10,17-18,20-22,27,29-31H,6-8,11-16,19H2,1-5H3/t22-,27+,29-,30+,31+,33+,34-/m1/s1. The molecule has 0 spiro atoms. The Balaban J connectivity index is 1.30. The van der Waals surface area contributed by atoms with Crippen LogP contribution in [0.4, 0.5) is 11.4 Å². The number of nitro benzene ring substituents is 2. The van der Waals surface area contributed by atoms with Crippen LogP contribution in [0.25, 0.3) is 0 Å². The first-order valence-corrected chi connectivity index (χ1v) is 15.9. The Kier molecular flexibility index (Phi) is 8.38. The van der Waals surface area contributed by atoms with E-state index in [0.717, 1.165) is 42.4 Å². The van der Waals surface area contributed by atoms with Crippen molar-refractivity contribution in [3.63, 3.8) is 0 Å². The number of ether oxygens (including phenoxy) is 1. The summed E-state index contributed by atoms with van der Waals surface area (Å²) in [4.78, 5) is 34.0. The number of hydrogen-bond acceptors (Lipinski definition) is 6. The largest absolute Gasteiger partial charge is 0.458 e. The molecule has 7 atom stereocenters. The fourth-order valence-corrected chi connectivity index (χ4v) is 9.24. The Morgan fingerprint density at radius 2 is 1.62 bits per heavy atom. The van der Waals surface area contributed by atoms with Crippen LogP contribution >= 0.6 is 0 Å². The SMILES string of the molecule is CC(C)CCC[C@@H](C)[C@H]1CC[C@H]2C3=CC=C4C[C@@H](OC(=O)c5cc([N+](=O)[O-])cc([N+](=O)[O-])c5)CC[C@]4(C)[C@H]3CC[C@]12C. The molecule has 3 saturated carbocycles. The van der Waals surface area contributed by atoms with Gasteiger partial charge in [-0.25, -0.2) is 4.79 Å². The molecule has 0 heterocycles. The van der Waals surface area contributed by atoms with Gasteiger partial charge in [-0.3, -0.25) is 20.2 Å². The summed E-state index contributed by atoms with van der Waals surface area (Å²) < 4.78 is 5.80. The zero-order chi connectivity index (χ0) is 30.4. The summed E-state index contributed by atoms with van der Waals surface area (Å²) in [6, 6.07) is 2.96. The first-order chi connectivity index (χ1) is 19.8. The van der Waals surface area contributed by atoms with Gasteiger partial charge in [0.1, 0.15) is 6.10 Å². The number of hydrogen-bond donors (Lipinski definition) is 0. The Morgan fingerprint density at radius 3 is 2.26 bits per heavy atom. The van der Waals surface area contributed by atoms with Crippen molar-refractivity contribution in [3.05, 3.63) is 67.3 Å². The van der Waals surface area contributed by atoms with Crippen LogP contribution in [0.1, 0.15) is 109 Å². The highest BCUT2D eigenvalue weighted by Gasteiger charge is 2.57. The van der Waals surface area contributed by atoms with Crippen LogP contribution in [0.2, 0.25) is 0 Å². The van der Waals surface area contributed by atoms with E-state index in [1.165, 1.54) is 50.5 Å². The van der Waals surface area contributed by atoms with E-state index in [-0.39, 0.29) is 17.1 Å². The van der Waals surface area contributed by atoms with Gasteiger partial charge in [0.2, 0.25) is 0 Å². The first-order valence-electron chi connectivity index (χ1n) is 15.9. The quantitative estimate of drug-likeness (QED) is 0.164. The van der Waals surface area contributed by atoms with E-state index in [1.54, 1.807) is 5.57 Å². The molecule has 0 radical (unpaired) electrons. The number of non-ortho nitro benzene ring substituents is 2. The third-order valence-corrected chi connectivity index (χ3v) is 11.6. The van der Waals surface area contributed by atoms with Crippen LogP contribution in [-0.2, 0) is 4.74 Å². The van der Waals surface area contributed by atoms with Crippen molar-refractivity contribution in [1.29, 1.82) is 0 Å². The zero-order valence-electron chi connectivity index (χ0n) is 25.8. The second-order valence-corrected chi connectivity index (χ2v) is 14.4. The second-order valence-electron chi connectivity index (χ2n) is 14.4. The molecule has 0 aliphatic heterocycles. The molecule has 1 aromatic rings. The Labute approximate surface area is 249 Å². The normalized spacial score (nSPS) is 32.6. The van der Waals surface area contributed by atoms with Crippen molar-refractivity contribution >= 4 is 17.3 Å². The molecule has 0 N–H and O–H groups in total. The van der Waals surface area contributed by atoms with Crippen molar-refractivity contribution < 1.29 is 19.4 Å². The van der Waals surface area contributed by atoms with Crippen LogP contribution in [0.3, 0.4) is 0 Å². The number of fused-ring (bicyclic) bond motifs is 5. The topological polar surface area (TPSA) is 113 Å². The van der Waals surface area contributed by atoms with E-state index in [0.29, 0.717) is 30.1 Å². The van der Waals surface area contributed by atoms with E-state index in [9.17, 15) is 25.0 Å². The molecule has 4 aliphatic carbocycles. The molecule has 5 rings (SSSR count). The molecule has 228 valence electrons. The fraction of sp³-hybridized carbons (Fsp3) is 0.676. The van der Waals surface area contributed by atoms with Crippen molar-refractivity contribution in [2.75, 3.05) is 0 Å². The van der Waals surface area contributed by atoms with Crippen molar-refractivity contribution in [2.45, 2.75) is 105 Å². The summed E-state index contributed by atoms with van der Waals surface area (Å²) in [5, 5.41) is 22.5. The van der Waals surface area contributed by atoms with Gasteiger partial charge < -0.3 is 4.74 Å². The van der Waals surface area contributed by atoms with Crippen LogP contribution in [0.15, 0.2) is 41.5 Å². The molecule has 42 heavy (non-hydrogen) atoms. The number of nitro groups is 2. The first kappa shape index (κ1) is 30.4. The van der Waals surface area contributed by atoms with Gasteiger partial charge in [0, 0.05) is 18.6 Å². The molecule has 0 aromatic heterocycles. The van der Waals surface area contributed by atoms with E-state index >= 15 is 0 Å². The van der Waals surface area contributed by atoms with Crippen LogP contribution in [0.5, 0.6) is 0 Å². The van der Waals surface area contributed by atoms with Crippen LogP contribution < -0.4 is 0 Å². The summed E-state index contributed by atoms with van der Waals surface area (Å²) >= 11 is 0. The van der Waals surface area contributed by atoms with E-state index in [2.05, 4.69) is 46.8 Å². The zero-order valence-corrected chi connectivity index (χ0v) is 25.8. The maximum atomic E-state index is 13.0. The highest BCUT2D eigenvalue weighted by atomic mass is 16.6.